The van der Waals surface area contributed by atoms with Gasteiger partial charge < -0.3 is 15.1 Å². The maximum atomic E-state index is 9.80. The third kappa shape index (κ3) is 5.22. The summed E-state index contributed by atoms with van der Waals surface area (Å²) in [5, 5.41) is 19.3. The fourth-order valence-corrected chi connectivity index (χ4v) is 4.25. The van der Waals surface area contributed by atoms with Gasteiger partial charge in [-0.1, -0.05) is 84.9 Å². The van der Waals surface area contributed by atoms with E-state index in [0.29, 0.717) is 0 Å². The average molecular weight is 470 g/mol. The van der Waals surface area contributed by atoms with Crippen LogP contribution in [0.4, 0.5) is 17.1 Å². The van der Waals surface area contributed by atoms with Crippen molar-refractivity contribution in [3.8, 4) is 5.75 Å². The molecule has 2 N–H and O–H groups in total. The highest BCUT2D eigenvalue weighted by Gasteiger charge is 2.13. The van der Waals surface area contributed by atoms with Crippen LogP contribution in [0, 0.1) is 0 Å². The Bertz CT molecular complexity index is 1380. The normalized spacial score (nSPS) is 10.6. The zero-order valence-electron chi connectivity index (χ0n) is 19.8. The van der Waals surface area contributed by atoms with E-state index >= 15 is 0 Å². The Morgan fingerprint density at radius 1 is 0.556 bits per heavy atom. The lowest BCUT2D eigenvalue weighted by atomic mass is 9.95. The van der Waals surface area contributed by atoms with Crippen molar-refractivity contribution in [1.29, 1.82) is 0 Å². The van der Waals surface area contributed by atoms with Crippen LogP contribution in [0.25, 0.3) is 11.6 Å². The van der Waals surface area contributed by atoms with Gasteiger partial charge in [0.2, 0.25) is 0 Å². The molecule has 5 aromatic carbocycles. The minimum atomic E-state index is 0.00564. The van der Waals surface area contributed by atoms with Gasteiger partial charge in [-0.15, -0.1) is 0 Å². The van der Waals surface area contributed by atoms with E-state index in [2.05, 4.69) is 83.8 Å². The number of phenolic OH excluding ortho intramolecular Hbond substituents is 1. The second-order valence-electron chi connectivity index (χ2n) is 8.56. The number of nitrogens with zero attached hydrogens (tertiary/aromatic N) is 1. The Hall–Kier alpha value is -4.60. The van der Waals surface area contributed by atoms with Gasteiger partial charge in [0.1, 0.15) is 5.75 Å². The average Bonchev–Trinajstić information content (AvgIpc) is 2.95. The summed E-state index contributed by atoms with van der Waals surface area (Å²) < 4.78 is 0. The van der Waals surface area contributed by atoms with Gasteiger partial charge in [-0.3, -0.25) is 0 Å². The first-order valence-electron chi connectivity index (χ1n) is 11.9. The van der Waals surface area contributed by atoms with Crippen LogP contribution in [0.1, 0.15) is 22.3 Å². The molecule has 0 atom stereocenters. The number of hydrogen-bond donors (Lipinski definition) is 2. The summed E-state index contributed by atoms with van der Waals surface area (Å²) in [7, 11) is 0. The van der Waals surface area contributed by atoms with Crippen LogP contribution in [0.2, 0.25) is 0 Å². The number of rotatable bonds is 7. The van der Waals surface area contributed by atoms with E-state index < -0.39 is 0 Å². The minimum Gasteiger partial charge on any atom is -0.508 e. The predicted molar refractivity (Wildman–Crippen MR) is 149 cm³/mol. The van der Waals surface area contributed by atoms with Gasteiger partial charge in [0.15, 0.2) is 0 Å². The van der Waals surface area contributed by atoms with Gasteiger partial charge in [0.25, 0.3) is 0 Å². The third-order valence-corrected chi connectivity index (χ3v) is 6.12. The largest absolute Gasteiger partial charge is 0.508 e. The SMILES string of the molecule is OCc1ccc(N(c2ccc(O)cc2)c2ccc(C=C(c3ccccc3)c3ccccc3)cc2)cc1. The summed E-state index contributed by atoms with van der Waals surface area (Å²) in [4.78, 5) is 2.13. The molecule has 0 radical (unpaired) electrons. The van der Waals surface area contributed by atoms with Crippen molar-refractivity contribution in [2.75, 3.05) is 4.90 Å². The first-order valence-corrected chi connectivity index (χ1v) is 11.9. The molecular formula is C33H27NO2. The molecule has 0 aliphatic carbocycles. The van der Waals surface area contributed by atoms with E-state index in [-0.39, 0.29) is 12.4 Å². The standard InChI is InChI=1S/C33H27NO2/c35-24-26-13-17-30(18-14-26)34(31-19-21-32(36)22-20-31)29-15-11-25(12-16-29)23-33(27-7-3-1-4-8-27)28-9-5-2-6-10-28/h1-23,35-36H,24H2. The Morgan fingerprint density at radius 3 is 1.47 bits per heavy atom. The molecule has 0 aromatic heterocycles. The number of aliphatic hydroxyl groups excluding tert-OH is 1. The van der Waals surface area contributed by atoms with Gasteiger partial charge in [0.05, 0.1) is 6.61 Å². The number of aromatic hydroxyl groups is 1. The Labute approximate surface area is 211 Å². The Morgan fingerprint density at radius 2 is 1.00 bits per heavy atom. The summed E-state index contributed by atoms with van der Waals surface area (Å²) in [5.41, 5.74) is 8.36. The van der Waals surface area contributed by atoms with Crippen LogP contribution in [0.15, 0.2) is 133 Å². The molecule has 5 aromatic rings. The molecule has 5 rings (SSSR count). The van der Waals surface area contributed by atoms with Crippen molar-refractivity contribution in [2.24, 2.45) is 0 Å². The van der Waals surface area contributed by atoms with Crippen molar-refractivity contribution in [3.63, 3.8) is 0 Å². The lowest BCUT2D eigenvalue weighted by Gasteiger charge is -2.25. The molecule has 0 amide bonds. The van der Waals surface area contributed by atoms with Crippen molar-refractivity contribution in [2.45, 2.75) is 6.61 Å². The molecule has 0 saturated heterocycles. The summed E-state index contributed by atoms with van der Waals surface area (Å²) in [6.07, 6.45) is 2.22. The molecule has 3 heteroatoms. The van der Waals surface area contributed by atoms with Crippen LogP contribution in [-0.2, 0) is 6.61 Å². The van der Waals surface area contributed by atoms with Crippen molar-refractivity contribution >= 4 is 28.7 Å². The topological polar surface area (TPSA) is 43.7 Å². The zero-order valence-corrected chi connectivity index (χ0v) is 19.8. The molecule has 0 aliphatic rings. The summed E-state index contributed by atoms with van der Waals surface area (Å²) in [6, 6.07) is 44.3. The molecule has 3 nitrogen and oxygen atoms in total. The van der Waals surface area contributed by atoms with Crippen LogP contribution in [-0.4, -0.2) is 10.2 Å². The summed E-state index contributed by atoms with van der Waals surface area (Å²) in [6.45, 7) is 0.00564. The predicted octanol–water partition coefficient (Wildman–Crippen LogP) is 7.94. The Balaban J connectivity index is 1.54. The molecule has 36 heavy (non-hydrogen) atoms. The van der Waals surface area contributed by atoms with E-state index in [1.807, 2.05) is 48.5 Å². The fourth-order valence-electron chi connectivity index (χ4n) is 4.25. The molecule has 0 unspecified atom stereocenters. The van der Waals surface area contributed by atoms with E-state index in [1.165, 1.54) is 16.7 Å². The molecular weight excluding hydrogens is 442 g/mol. The van der Waals surface area contributed by atoms with Gasteiger partial charge in [-0.05, 0) is 82.4 Å². The summed E-state index contributed by atoms with van der Waals surface area (Å²) >= 11 is 0. The molecule has 0 spiro atoms. The number of hydrogen-bond acceptors (Lipinski definition) is 3. The monoisotopic (exact) mass is 469 g/mol. The van der Waals surface area contributed by atoms with Crippen molar-refractivity contribution in [1.82, 2.24) is 0 Å². The van der Waals surface area contributed by atoms with E-state index in [0.717, 1.165) is 28.2 Å². The van der Waals surface area contributed by atoms with Crippen molar-refractivity contribution < 1.29 is 10.2 Å². The number of anilines is 3. The van der Waals surface area contributed by atoms with Gasteiger partial charge in [-0.25, -0.2) is 0 Å². The molecule has 0 bridgehead atoms. The van der Waals surface area contributed by atoms with E-state index in [1.54, 1.807) is 12.1 Å². The molecule has 0 aliphatic heterocycles. The first-order chi connectivity index (χ1) is 17.7. The van der Waals surface area contributed by atoms with Crippen LogP contribution in [0.5, 0.6) is 5.75 Å². The molecule has 0 fully saturated rings. The second kappa shape index (κ2) is 10.8. The maximum Gasteiger partial charge on any atom is 0.115 e. The van der Waals surface area contributed by atoms with Crippen LogP contribution >= 0.6 is 0 Å². The van der Waals surface area contributed by atoms with Crippen LogP contribution < -0.4 is 4.90 Å². The first kappa shape index (κ1) is 23.2. The number of aliphatic hydroxyl groups is 1. The quantitative estimate of drug-likeness (QED) is 0.238. The zero-order chi connectivity index (χ0) is 24.7. The van der Waals surface area contributed by atoms with Crippen LogP contribution in [0.3, 0.4) is 0 Å². The molecule has 0 saturated carbocycles. The maximum absolute atomic E-state index is 9.80. The van der Waals surface area contributed by atoms with Crippen molar-refractivity contribution in [3.05, 3.63) is 156 Å². The molecule has 176 valence electrons. The van der Waals surface area contributed by atoms with Gasteiger partial charge >= 0.3 is 0 Å². The van der Waals surface area contributed by atoms with Gasteiger partial charge in [0, 0.05) is 17.1 Å². The highest BCUT2D eigenvalue weighted by Crippen LogP contribution is 2.36. The number of phenols is 1. The third-order valence-electron chi connectivity index (χ3n) is 6.12. The smallest absolute Gasteiger partial charge is 0.115 e. The highest BCUT2D eigenvalue weighted by molar-refractivity contribution is 5.91. The van der Waals surface area contributed by atoms with E-state index in [4.69, 9.17) is 0 Å². The minimum absolute atomic E-state index is 0.00564. The second-order valence-corrected chi connectivity index (χ2v) is 8.56. The van der Waals surface area contributed by atoms with E-state index in [9.17, 15) is 10.2 Å². The fraction of sp³-hybridized carbons (Fsp3) is 0.0303. The Kier molecular flexibility index (Phi) is 6.93. The van der Waals surface area contributed by atoms with Gasteiger partial charge in [-0.2, -0.15) is 0 Å². The number of benzene rings is 5. The lowest BCUT2D eigenvalue weighted by molar-refractivity contribution is 0.282. The lowest BCUT2D eigenvalue weighted by Crippen LogP contribution is -2.09. The highest BCUT2D eigenvalue weighted by atomic mass is 16.3. The summed E-state index contributed by atoms with van der Waals surface area (Å²) in [5.74, 6) is 0.226. The molecule has 0 heterocycles.